The van der Waals surface area contributed by atoms with E-state index in [2.05, 4.69) is 10.6 Å². The Hall–Kier alpha value is -4.21. The number of imide groups is 2. The number of amides is 4. The maximum Gasteiger partial charge on any atom is 0.307 e. The number of anilines is 1. The monoisotopic (exact) mass is 521 g/mol. The molecule has 2 aliphatic rings. The van der Waals surface area contributed by atoms with E-state index < -0.39 is 35.6 Å². The molecule has 2 heterocycles. The van der Waals surface area contributed by atoms with E-state index >= 15 is 0 Å². The number of fused-ring (bicyclic) bond motifs is 1. The molecular formula is C28H31N3O7. The van der Waals surface area contributed by atoms with Crippen LogP contribution in [0, 0.1) is 0 Å². The van der Waals surface area contributed by atoms with Gasteiger partial charge < -0.3 is 15.2 Å². The molecule has 0 radical (unpaired) electrons. The number of carbonyl (C=O) groups is 5. The largest absolute Gasteiger partial charge is 0.494 e. The average Bonchev–Trinajstić information content (AvgIpc) is 3.13. The molecule has 0 aliphatic carbocycles. The van der Waals surface area contributed by atoms with Crippen molar-refractivity contribution in [3.63, 3.8) is 0 Å². The zero-order chi connectivity index (χ0) is 27.1. The number of benzene rings is 2. The van der Waals surface area contributed by atoms with Gasteiger partial charge in [0.15, 0.2) is 0 Å². The van der Waals surface area contributed by atoms with Crippen molar-refractivity contribution < 1.29 is 33.8 Å². The molecule has 0 saturated carbocycles. The van der Waals surface area contributed by atoms with Crippen LogP contribution in [0.4, 0.5) is 5.69 Å². The summed E-state index contributed by atoms with van der Waals surface area (Å²) in [5, 5.41) is 14.4. The number of carbonyl (C=O) groups excluding carboxylic acids is 4. The summed E-state index contributed by atoms with van der Waals surface area (Å²) in [5.74, 6) is -2.26. The lowest BCUT2D eigenvalue weighted by Gasteiger charge is -2.27. The number of carboxylic acids is 1. The second-order valence-electron chi connectivity index (χ2n) is 9.44. The highest BCUT2D eigenvalue weighted by molar-refractivity contribution is 6.25. The summed E-state index contributed by atoms with van der Waals surface area (Å²) in [6.07, 6.45) is 4.92. The van der Waals surface area contributed by atoms with Crippen LogP contribution in [-0.4, -0.2) is 58.8 Å². The summed E-state index contributed by atoms with van der Waals surface area (Å²) in [6, 6.07) is 11.2. The van der Waals surface area contributed by atoms with Crippen molar-refractivity contribution >= 4 is 35.3 Å². The Morgan fingerprint density at radius 3 is 2.55 bits per heavy atom. The number of nitrogens with one attached hydrogen (secondary N) is 2. The predicted molar refractivity (Wildman–Crippen MR) is 138 cm³/mol. The first-order valence-electron chi connectivity index (χ1n) is 12.9. The van der Waals surface area contributed by atoms with E-state index in [-0.39, 0.29) is 30.4 Å². The second-order valence-corrected chi connectivity index (χ2v) is 9.44. The van der Waals surface area contributed by atoms with Crippen molar-refractivity contribution in [1.82, 2.24) is 10.2 Å². The third-order valence-electron chi connectivity index (χ3n) is 6.63. The van der Waals surface area contributed by atoms with Crippen molar-refractivity contribution in [3.8, 4) is 5.75 Å². The SMILES string of the molecule is O=C(O)Cc1cccc(OCCCCCCCNc2cccc3c2C(=O)N(C2CCC(=O)NC2=O)C3=O)c1. The van der Waals surface area contributed by atoms with Gasteiger partial charge in [0.05, 0.1) is 24.2 Å². The fourth-order valence-corrected chi connectivity index (χ4v) is 4.75. The van der Waals surface area contributed by atoms with E-state index in [0.29, 0.717) is 30.2 Å². The molecule has 1 fully saturated rings. The number of rotatable bonds is 13. The summed E-state index contributed by atoms with van der Waals surface area (Å²) in [6.45, 7) is 1.19. The van der Waals surface area contributed by atoms with E-state index in [0.717, 1.165) is 37.0 Å². The van der Waals surface area contributed by atoms with Crippen LogP contribution < -0.4 is 15.4 Å². The first-order chi connectivity index (χ1) is 18.3. The van der Waals surface area contributed by atoms with Gasteiger partial charge in [-0.05, 0) is 49.1 Å². The number of unbranched alkanes of at least 4 members (excludes halogenated alkanes) is 4. The molecule has 10 heteroatoms. The number of aliphatic carboxylic acids is 1. The summed E-state index contributed by atoms with van der Waals surface area (Å²) in [7, 11) is 0. The fraction of sp³-hybridized carbons (Fsp3) is 0.393. The van der Waals surface area contributed by atoms with Crippen molar-refractivity contribution in [2.45, 2.75) is 57.4 Å². The van der Waals surface area contributed by atoms with Crippen LogP contribution in [-0.2, 0) is 20.8 Å². The van der Waals surface area contributed by atoms with Crippen molar-refractivity contribution in [1.29, 1.82) is 0 Å². The number of hydrogen-bond donors (Lipinski definition) is 3. The summed E-state index contributed by atoms with van der Waals surface area (Å²) >= 11 is 0. The van der Waals surface area contributed by atoms with Crippen molar-refractivity contribution in [2.75, 3.05) is 18.5 Å². The molecule has 200 valence electrons. The number of carboxylic acid groups (broad SMARTS) is 1. The smallest absolute Gasteiger partial charge is 0.307 e. The third kappa shape index (κ3) is 6.37. The first-order valence-corrected chi connectivity index (χ1v) is 12.9. The van der Waals surface area contributed by atoms with Gasteiger partial charge in [0.2, 0.25) is 11.8 Å². The topological polar surface area (TPSA) is 142 Å². The summed E-state index contributed by atoms with van der Waals surface area (Å²) in [5.41, 5.74) is 1.81. The van der Waals surface area contributed by atoms with E-state index in [1.54, 1.807) is 36.4 Å². The van der Waals surface area contributed by atoms with Crippen LogP contribution in [0.3, 0.4) is 0 Å². The second kappa shape index (κ2) is 12.4. The number of piperidine rings is 1. The molecule has 2 aromatic carbocycles. The Balaban J connectivity index is 1.18. The number of hydrogen-bond acceptors (Lipinski definition) is 7. The first kappa shape index (κ1) is 26.8. The molecule has 0 spiro atoms. The highest BCUT2D eigenvalue weighted by Gasteiger charge is 2.45. The van der Waals surface area contributed by atoms with Gasteiger partial charge in [0.1, 0.15) is 11.8 Å². The molecule has 2 aromatic rings. The quantitative estimate of drug-likeness (QED) is 0.270. The number of nitrogens with zero attached hydrogens (tertiary/aromatic N) is 1. The molecule has 3 N–H and O–H groups in total. The van der Waals surface area contributed by atoms with Gasteiger partial charge in [-0.3, -0.25) is 34.2 Å². The van der Waals surface area contributed by atoms with Gasteiger partial charge in [0.25, 0.3) is 11.8 Å². The fourth-order valence-electron chi connectivity index (χ4n) is 4.75. The summed E-state index contributed by atoms with van der Waals surface area (Å²) < 4.78 is 5.73. The van der Waals surface area contributed by atoms with Crippen molar-refractivity contribution in [2.24, 2.45) is 0 Å². The zero-order valence-electron chi connectivity index (χ0n) is 21.0. The number of ether oxygens (including phenoxy) is 1. The Bertz CT molecular complexity index is 1240. The van der Waals surface area contributed by atoms with E-state index in [9.17, 15) is 24.0 Å². The summed E-state index contributed by atoms with van der Waals surface area (Å²) in [4.78, 5) is 61.6. The Labute approximate surface area is 220 Å². The minimum Gasteiger partial charge on any atom is -0.494 e. The van der Waals surface area contributed by atoms with E-state index in [4.69, 9.17) is 9.84 Å². The Morgan fingerprint density at radius 2 is 1.76 bits per heavy atom. The molecule has 4 rings (SSSR count). The van der Waals surface area contributed by atoms with Crippen LogP contribution in [0.5, 0.6) is 5.75 Å². The van der Waals surface area contributed by atoms with Crippen LogP contribution in [0.1, 0.15) is 71.2 Å². The van der Waals surface area contributed by atoms with Crippen LogP contribution in [0.25, 0.3) is 0 Å². The molecule has 4 amide bonds. The van der Waals surface area contributed by atoms with Gasteiger partial charge in [-0.15, -0.1) is 0 Å². The highest BCUT2D eigenvalue weighted by Crippen LogP contribution is 2.32. The Morgan fingerprint density at radius 1 is 1.00 bits per heavy atom. The lowest BCUT2D eigenvalue weighted by atomic mass is 10.0. The molecule has 1 unspecified atom stereocenters. The molecule has 0 aromatic heterocycles. The maximum atomic E-state index is 13.1. The zero-order valence-corrected chi connectivity index (χ0v) is 21.0. The minimum atomic E-state index is -0.981. The lowest BCUT2D eigenvalue weighted by molar-refractivity contribution is -0.137. The van der Waals surface area contributed by atoms with E-state index in [1.807, 2.05) is 6.07 Å². The van der Waals surface area contributed by atoms with Crippen LogP contribution in [0.2, 0.25) is 0 Å². The Kier molecular flexibility index (Phi) is 8.73. The highest BCUT2D eigenvalue weighted by atomic mass is 16.5. The average molecular weight is 522 g/mol. The normalized spacial score (nSPS) is 16.8. The van der Waals surface area contributed by atoms with Crippen LogP contribution in [0.15, 0.2) is 42.5 Å². The van der Waals surface area contributed by atoms with Gasteiger partial charge in [0, 0.05) is 18.7 Å². The molecular weight excluding hydrogens is 490 g/mol. The standard InChI is InChI=1S/C28H31N3O7/c32-23-13-12-22(26(35)30-23)31-27(36)20-10-7-11-21(25(20)28(31)37)29-14-4-2-1-3-5-15-38-19-9-6-8-18(16-19)17-24(33)34/h6-11,16,22,29H,1-5,12-15,17H2,(H,33,34)(H,30,32,35). The molecule has 1 atom stereocenters. The molecule has 1 saturated heterocycles. The maximum absolute atomic E-state index is 13.1. The third-order valence-corrected chi connectivity index (χ3v) is 6.63. The van der Waals surface area contributed by atoms with Gasteiger partial charge in [-0.25, -0.2) is 0 Å². The van der Waals surface area contributed by atoms with Gasteiger partial charge in [-0.1, -0.05) is 37.5 Å². The molecule has 0 bridgehead atoms. The predicted octanol–water partition coefficient (Wildman–Crippen LogP) is 3.16. The minimum absolute atomic E-state index is 0.0282. The molecule has 2 aliphatic heterocycles. The van der Waals surface area contributed by atoms with Gasteiger partial charge >= 0.3 is 5.97 Å². The van der Waals surface area contributed by atoms with E-state index in [1.165, 1.54) is 0 Å². The molecule has 10 nitrogen and oxygen atoms in total. The lowest BCUT2D eigenvalue weighted by Crippen LogP contribution is -2.54. The van der Waals surface area contributed by atoms with Crippen molar-refractivity contribution in [3.05, 3.63) is 59.2 Å². The van der Waals surface area contributed by atoms with Gasteiger partial charge in [-0.2, -0.15) is 0 Å². The molecule has 38 heavy (non-hydrogen) atoms. The van der Waals surface area contributed by atoms with Crippen LogP contribution >= 0.6 is 0 Å².